The zero-order valence-electron chi connectivity index (χ0n) is 25.3. The van der Waals surface area contributed by atoms with Crippen LogP contribution in [0.1, 0.15) is 110 Å². The minimum atomic E-state index is -5.17. The third kappa shape index (κ3) is 7.66. The van der Waals surface area contributed by atoms with Crippen LogP contribution in [-0.2, 0) is 25.7 Å². The van der Waals surface area contributed by atoms with Gasteiger partial charge >= 0.3 is 6.36 Å². The highest BCUT2D eigenvalue weighted by Gasteiger charge is 2.37. The summed E-state index contributed by atoms with van der Waals surface area (Å²) >= 11 is 0. The second kappa shape index (κ2) is 14.1. The Morgan fingerprint density at radius 2 is 1.31 bits per heavy atom. The summed E-state index contributed by atoms with van der Waals surface area (Å²) in [5, 5.41) is 0. The van der Waals surface area contributed by atoms with Crippen molar-refractivity contribution in [1.82, 2.24) is 0 Å². The summed E-state index contributed by atoms with van der Waals surface area (Å²) in [7, 11) is 0. The fourth-order valence-corrected chi connectivity index (χ4v) is 7.17. The molecule has 1 nitrogen and oxygen atoms in total. The average molecular weight is 639 g/mol. The first-order valence-electron chi connectivity index (χ1n) is 16.0. The fourth-order valence-electron chi connectivity index (χ4n) is 7.17. The van der Waals surface area contributed by atoms with E-state index in [1.807, 2.05) is 0 Å². The van der Waals surface area contributed by atoms with Crippen molar-refractivity contribution in [2.24, 2.45) is 5.92 Å². The molecule has 0 bridgehead atoms. The van der Waals surface area contributed by atoms with Crippen LogP contribution < -0.4 is 4.74 Å². The number of aryl methyl sites for hydroxylation is 2. The zero-order chi connectivity index (χ0) is 32.3. The van der Waals surface area contributed by atoms with E-state index in [-0.39, 0.29) is 60.3 Å². The second-order valence-electron chi connectivity index (χ2n) is 12.6. The minimum Gasteiger partial charge on any atom is -0.403 e. The van der Waals surface area contributed by atoms with Gasteiger partial charge in [0.1, 0.15) is 5.82 Å². The Morgan fingerprint density at radius 3 is 1.96 bits per heavy atom. The predicted molar refractivity (Wildman–Crippen MR) is 157 cm³/mol. The standard InChI is InChI=1S/C36H38F8O/c1-2-3-4-5-21-6-8-22(9-7-21)10-11-23-12-17-27-28(20-23)33(39)35(41)30(31(27)37)25-15-13-24(14-16-25)26-18-19-29(34(40)32(26)38)45-36(42,43)44/h6-9,18-19,23-25H,2-5,10-17,20H2,1H3. The summed E-state index contributed by atoms with van der Waals surface area (Å²) in [6.07, 6.45) is 3.12. The van der Waals surface area contributed by atoms with E-state index in [2.05, 4.69) is 35.9 Å². The molecule has 0 aliphatic heterocycles. The van der Waals surface area contributed by atoms with Gasteiger partial charge in [0.25, 0.3) is 0 Å². The van der Waals surface area contributed by atoms with Gasteiger partial charge in [-0.15, -0.1) is 13.2 Å². The van der Waals surface area contributed by atoms with Crippen LogP contribution in [0.25, 0.3) is 0 Å². The normalized spacial score (nSPS) is 20.2. The highest BCUT2D eigenvalue weighted by atomic mass is 19.4. The van der Waals surface area contributed by atoms with Crippen molar-refractivity contribution in [2.45, 2.75) is 109 Å². The molecule has 3 aromatic rings. The van der Waals surface area contributed by atoms with Crippen molar-refractivity contribution in [3.63, 3.8) is 0 Å². The lowest BCUT2D eigenvalue weighted by Gasteiger charge is -2.32. The summed E-state index contributed by atoms with van der Waals surface area (Å²) in [4.78, 5) is 0. The summed E-state index contributed by atoms with van der Waals surface area (Å²) in [6, 6.07) is 10.3. The van der Waals surface area contributed by atoms with Crippen LogP contribution in [0.4, 0.5) is 35.1 Å². The molecule has 3 aromatic carbocycles. The van der Waals surface area contributed by atoms with Gasteiger partial charge in [0.15, 0.2) is 23.2 Å². The van der Waals surface area contributed by atoms with E-state index < -0.39 is 53.0 Å². The van der Waals surface area contributed by atoms with Gasteiger partial charge in [-0.25, -0.2) is 17.6 Å². The van der Waals surface area contributed by atoms with Gasteiger partial charge in [-0.3, -0.25) is 0 Å². The monoisotopic (exact) mass is 638 g/mol. The molecule has 2 aliphatic rings. The number of hydrogen-bond acceptors (Lipinski definition) is 1. The molecule has 0 radical (unpaired) electrons. The van der Waals surface area contributed by atoms with E-state index in [0.717, 1.165) is 31.4 Å². The Labute approximate surface area is 259 Å². The molecule has 0 N–H and O–H groups in total. The van der Waals surface area contributed by atoms with Gasteiger partial charge in [0.2, 0.25) is 5.82 Å². The highest BCUT2D eigenvalue weighted by Crippen LogP contribution is 2.46. The molecule has 0 amide bonds. The van der Waals surface area contributed by atoms with Gasteiger partial charge < -0.3 is 4.74 Å². The molecule has 244 valence electrons. The van der Waals surface area contributed by atoms with Gasteiger partial charge in [-0.1, -0.05) is 50.1 Å². The van der Waals surface area contributed by atoms with Crippen LogP contribution in [0.3, 0.4) is 0 Å². The largest absolute Gasteiger partial charge is 0.573 e. The lowest BCUT2D eigenvalue weighted by atomic mass is 9.73. The maximum Gasteiger partial charge on any atom is 0.573 e. The van der Waals surface area contributed by atoms with E-state index in [4.69, 9.17) is 0 Å². The van der Waals surface area contributed by atoms with E-state index in [9.17, 15) is 22.0 Å². The van der Waals surface area contributed by atoms with Crippen LogP contribution in [0, 0.1) is 35.0 Å². The van der Waals surface area contributed by atoms with Crippen molar-refractivity contribution >= 4 is 0 Å². The Morgan fingerprint density at radius 1 is 0.667 bits per heavy atom. The molecular formula is C36H38F8O. The fraction of sp³-hybridized carbons (Fsp3) is 0.500. The molecular weight excluding hydrogens is 600 g/mol. The van der Waals surface area contributed by atoms with Crippen molar-refractivity contribution < 1.29 is 39.9 Å². The number of ether oxygens (including phenoxy) is 1. The van der Waals surface area contributed by atoms with E-state index in [1.54, 1.807) is 0 Å². The van der Waals surface area contributed by atoms with Gasteiger partial charge in [-0.05, 0) is 122 Å². The molecule has 0 saturated heterocycles. The number of alkyl halides is 3. The van der Waals surface area contributed by atoms with Gasteiger partial charge in [-0.2, -0.15) is 4.39 Å². The van der Waals surface area contributed by atoms with Crippen molar-refractivity contribution in [3.8, 4) is 5.75 Å². The lowest BCUT2D eigenvalue weighted by molar-refractivity contribution is -0.275. The second-order valence-corrected chi connectivity index (χ2v) is 12.6. The van der Waals surface area contributed by atoms with Crippen LogP contribution in [0.2, 0.25) is 0 Å². The smallest absolute Gasteiger partial charge is 0.403 e. The summed E-state index contributed by atoms with van der Waals surface area (Å²) in [5.41, 5.74) is 2.44. The Kier molecular flexibility index (Phi) is 10.4. The minimum absolute atomic E-state index is 0.111. The predicted octanol–water partition coefficient (Wildman–Crippen LogP) is 11.2. The van der Waals surface area contributed by atoms with Crippen LogP contribution in [0.5, 0.6) is 5.75 Å². The maximum atomic E-state index is 15.8. The quantitative estimate of drug-likeness (QED) is 0.122. The Bertz CT molecular complexity index is 1470. The molecule has 1 fully saturated rings. The van der Waals surface area contributed by atoms with Crippen LogP contribution >= 0.6 is 0 Å². The first-order valence-corrected chi connectivity index (χ1v) is 16.0. The van der Waals surface area contributed by atoms with E-state index >= 15 is 13.2 Å². The Balaban J connectivity index is 1.22. The summed E-state index contributed by atoms with van der Waals surface area (Å²) in [5.74, 6) is -8.44. The number of benzene rings is 3. The molecule has 5 rings (SSSR count). The molecule has 9 heteroatoms. The SMILES string of the molecule is CCCCCc1ccc(CCC2CCc3c(F)c(C4CCC(c5ccc(OC(F)(F)F)c(F)c5F)CC4)c(F)c(F)c3C2)cc1. The topological polar surface area (TPSA) is 9.23 Å². The average Bonchev–Trinajstić information content (AvgIpc) is 3.02. The van der Waals surface area contributed by atoms with Crippen LogP contribution in [-0.4, -0.2) is 6.36 Å². The first kappa shape index (κ1) is 33.3. The van der Waals surface area contributed by atoms with Crippen molar-refractivity contribution in [2.75, 3.05) is 0 Å². The zero-order valence-corrected chi connectivity index (χ0v) is 25.3. The first-order chi connectivity index (χ1) is 21.5. The Hall–Kier alpha value is -3.10. The molecule has 0 aromatic heterocycles. The summed E-state index contributed by atoms with van der Waals surface area (Å²) in [6.45, 7) is 2.18. The van der Waals surface area contributed by atoms with Crippen molar-refractivity contribution in [3.05, 3.63) is 98.9 Å². The molecule has 0 heterocycles. The molecule has 1 unspecified atom stereocenters. The molecule has 1 atom stereocenters. The van der Waals surface area contributed by atoms with E-state index in [0.29, 0.717) is 12.8 Å². The third-order valence-electron chi connectivity index (χ3n) is 9.67. The molecule has 45 heavy (non-hydrogen) atoms. The number of hydrogen-bond donors (Lipinski definition) is 0. The van der Waals surface area contributed by atoms with E-state index in [1.165, 1.54) is 30.4 Å². The highest BCUT2D eigenvalue weighted by molar-refractivity contribution is 5.41. The lowest BCUT2D eigenvalue weighted by Crippen LogP contribution is -2.23. The molecule has 1 saturated carbocycles. The summed E-state index contributed by atoms with van der Waals surface area (Å²) < 4.78 is 117. The number of rotatable bonds is 10. The number of halogens is 8. The molecule has 0 spiro atoms. The van der Waals surface area contributed by atoms with Gasteiger partial charge in [0.05, 0.1) is 0 Å². The van der Waals surface area contributed by atoms with Gasteiger partial charge in [0, 0.05) is 5.56 Å². The third-order valence-corrected chi connectivity index (χ3v) is 9.67. The maximum absolute atomic E-state index is 15.8. The van der Waals surface area contributed by atoms with Crippen molar-refractivity contribution in [1.29, 1.82) is 0 Å². The number of fused-ring (bicyclic) bond motifs is 1. The van der Waals surface area contributed by atoms with Crippen LogP contribution in [0.15, 0.2) is 36.4 Å². The number of unbranched alkanes of at least 4 members (excludes halogenated alkanes) is 2. The molecule has 2 aliphatic carbocycles.